The number of carbonyl (C=O) groups is 1. The highest BCUT2D eigenvalue weighted by molar-refractivity contribution is 5.89. The van der Waals surface area contributed by atoms with E-state index in [2.05, 4.69) is 12.1 Å². The highest BCUT2D eigenvalue weighted by atomic mass is 16.5. The predicted molar refractivity (Wildman–Crippen MR) is 91.1 cm³/mol. The zero-order chi connectivity index (χ0) is 16.6. The Bertz CT molecular complexity index is 589. The van der Waals surface area contributed by atoms with Gasteiger partial charge in [0, 0.05) is 6.54 Å². The molecule has 1 heterocycles. The summed E-state index contributed by atoms with van der Waals surface area (Å²) in [6.45, 7) is 0.570. The molecular weight excluding hydrogens is 300 g/mol. The third-order valence-corrected chi connectivity index (χ3v) is 6.43. The molecule has 3 fully saturated rings. The van der Waals surface area contributed by atoms with E-state index in [1.165, 1.54) is 11.5 Å². The maximum atomic E-state index is 13.5. The Hall–Kier alpha value is -1.39. The smallest absolute Gasteiger partial charge is 0.247 e. The zero-order valence-corrected chi connectivity index (χ0v) is 14.4. The van der Waals surface area contributed by atoms with Gasteiger partial charge in [-0.15, -0.1) is 10.3 Å². The first-order valence-corrected chi connectivity index (χ1v) is 9.53. The van der Waals surface area contributed by atoms with E-state index < -0.39 is 11.2 Å². The molecule has 1 saturated heterocycles. The van der Waals surface area contributed by atoms with Crippen molar-refractivity contribution in [3.8, 4) is 0 Å². The molecule has 0 bridgehead atoms. The minimum atomic E-state index is -0.773. The summed E-state index contributed by atoms with van der Waals surface area (Å²) >= 11 is 0. The fourth-order valence-electron chi connectivity index (χ4n) is 5.16. The van der Waals surface area contributed by atoms with Crippen LogP contribution in [-0.2, 0) is 16.5 Å². The average Bonchev–Trinajstić information content (AvgIpc) is 2.79. The van der Waals surface area contributed by atoms with Gasteiger partial charge in [-0.05, 0) is 44.1 Å². The molecule has 2 saturated carbocycles. The summed E-state index contributed by atoms with van der Waals surface area (Å²) in [6, 6.07) is 10.1. The Morgan fingerprint density at radius 1 is 0.833 bits per heavy atom. The van der Waals surface area contributed by atoms with E-state index in [9.17, 15) is 10.0 Å². The van der Waals surface area contributed by atoms with Gasteiger partial charge < -0.3 is 4.90 Å². The van der Waals surface area contributed by atoms with Crippen molar-refractivity contribution in [2.24, 2.45) is 0 Å². The van der Waals surface area contributed by atoms with Crippen LogP contribution in [0.5, 0.6) is 0 Å². The van der Waals surface area contributed by atoms with Crippen molar-refractivity contribution in [1.29, 1.82) is 0 Å². The Morgan fingerprint density at radius 3 is 2.04 bits per heavy atom. The molecule has 3 aliphatic rings. The maximum absolute atomic E-state index is 13.5. The maximum Gasteiger partial charge on any atom is 0.247 e. The number of hydroxylamine groups is 2. The van der Waals surface area contributed by atoms with Crippen LogP contribution in [-0.4, -0.2) is 27.1 Å². The Morgan fingerprint density at radius 2 is 1.42 bits per heavy atom. The minimum absolute atomic E-state index is 0.1000. The van der Waals surface area contributed by atoms with Crippen molar-refractivity contribution in [3.05, 3.63) is 35.9 Å². The van der Waals surface area contributed by atoms with Gasteiger partial charge in [0.15, 0.2) is 0 Å². The van der Waals surface area contributed by atoms with Crippen molar-refractivity contribution >= 4 is 5.91 Å². The number of hydrogen-bond donors (Lipinski definition) is 0. The molecule has 1 amide bonds. The van der Waals surface area contributed by atoms with Gasteiger partial charge in [-0.25, -0.2) is 0 Å². The van der Waals surface area contributed by atoms with Crippen molar-refractivity contribution in [2.75, 3.05) is 0 Å². The fourth-order valence-corrected chi connectivity index (χ4v) is 5.16. The van der Waals surface area contributed by atoms with Crippen LogP contribution in [0.15, 0.2) is 30.3 Å². The van der Waals surface area contributed by atoms with Gasteiger partial charge in [0.1, 0.15) is 11.2 Å². The van der Waals surface area contributed by atoms with Gasteiger partial charge in [0.2, 0.25) is 5.91 Å². The molecule has 4 heteroatoms. The van der Waals surface area contributed by atoms with Crippen LogP contribution in [0.1, 0.15) is 69.8 Å². The van der Waals surface area contributed by atoms with E-state index in [0.29, 0.717) is 6.54 Å². The lowest BCUT2D eigenvalue weighted by Crippen LogP contribution is -2.56. The molecule has 0 unspecified atom stereocenters. The Kier molecular flexibility index (Phi) is 4.13. The molecule has 1 aromatic carbocycles. The SMILES string of the molecule is [O]N1C2(CCCCC2)C(=O)N(Cc2ccccc2)C12CCCCC2. The summed E-state index contributed by atoms with van der Waals surface area (Å²) < 4.78 is 0. The molecule has 1 aromatic rings. The standard InChI is InChI=1S/C20H27N2O2/c23-18-19(12-6-2-7-13-19)22(24)20(14-8-3-9-15-20)21(18)16-17-10-4-1-5-11-17/h1,4-5,10-11H,2-3,6-9,12-16H2. The van der Waals surface area contributed by atoms with Gasteiger partial charge in [-0.3, -0.25) is 4.79 Å². The molecular formula is C20H27N2O2. The van der Waals surface area contributed by atoms with Crippen LogP contribution in [0.3, 0.4) is 0 Å². The molecule has 0 atom stereocenters. The topological polar surface area (TPSA) is 43.5 Å². The van der Waals surface area contributed by atoms with Crippen molar-refractivity contribution in [2.45, 2.75) is 82.0 Å². The molecule has 24 heavy (non-hydrogen) atoms. The largest absolute Gasteiger partial charge is 0.316 e. The fraction of sp³-hybridized carbons (Fsp3) is 0.650. The molecule has 4 rings (SSSR count). The molecule has 1 radical (unpaired) electrons. The van der Waals surface area contributed by atoms with Crippen LogP contribution in [0.25, 0.3) is 0 Å². The third kappa shape index (κ3) is 2.31. The molecule has 2 aliphatic carbocycles. The summed E-state index contributed by atoms with van der Waals surface area (Å²) in [6.07, 6.45) is 9.56. The number of carbonyl (C=O) groups excluding carboxylic acids is 1. The van der Waals surface area contributed by atoms with E-state index in [1.54, 1.807) is 0 Å². The van der Waals surface area contributed by atoms with Gasteiger partial charge >= 0.3 is 0 Å². The molecule has 129 valence electrons. The molecule has 2 spiro atoms. The lowest BCUT2D eigenvalue weighted by molar-refractivity contribution is -0.288. The van der Waals surface area contributed by atoms with Crippen LogP contribution < -0.4 is 0 Å². The normalized spacial score (nSPS) is 26.4. The predicted octanol–water partition coefficient (Wildman–Crippen LogP) is 4.04. The van der Waals surface area contributed by atoms with Crippen LogP contribution >= 0.6 is 0 Å². The summed E-state index contributed by atoms with van der Waals surface area (Å²) in [5, 5.41) is 14.8. The van der Waals surface area contributed by atoms with Gasteiger partial charge in [0.25, 0.3) is 0 Å². The number of benzene rings is 1. The van der Waals surface area contributed by atoms with Crippen LogP contribution in [0.2, 0.25) is 0 Å². The quantitative estimate of drug-likeness (QED) is 0.823. The average molecular weight is 327 g/mol. The van der Waals surface area contributed by atoms with E-state index in [1.807, 2.05) is 23.1 Å². The highest BCUT2D eigenvalue weighted by Crippen LogP contribution is 2.51. The van der Waals surface area contributed by atoms with E-state index in [0.717, 1.165) is 63.4 Å². The van der Waals surface area contributed by atoms with Gasteiger partial charge in [-0.2, -0.15) is 0 Å². The van der Waals surface area contributed by atoms with E-state index in [-0.39, 0.29) is 5.91 Å². The lowest BCUT2D eigenvalue weighted by atomic mass is 9.80. The lowest BCUT2D eigenvalue weighted by Gasteiger charge is -2.44. The number of rotatable bonds is 2. The zero-order valence-electron chi connectivity index (χ0n) is 14.4. The Balaban J connectivity index is 1.72. The van der Waals surface area contributed by atoms with Crippen molar-refractivity contribution in [1.82, 2.24) is 9.96 Å². The molecule has 4 nitrogen and oxygen atoms in total. The van der Waals surface area contributed by atoms with Gasteiger partial charge in [-0.1, -0.05) is 56.0 Å². The number of nitrogens with zero attached hydrogens (tertiary/aromatic N) is 2. The second kappa shape index (κ2) is 6.16. The van der Waals surface area contributed by atoms with Crippen LogP contribution in [0.4, 0.5) is 0 Å². The highest BCUT2D eigenvalue weighted by Gasteiger charge is 2.65. The number of amides is 1. The first-order chi connectivity index (χ1) is 11.7. The Labute approximate surface area is 144 Å². The molecule has 1 aliphatic heterocycles. The van der Waals surface area contributed by atoms with Crippen LogP contribution in [0, 0.1) is 0 Å². The molecule has 0 N–H and O–H groups in total. The first-order valence-electron chi connectivity index (χ1n) is 9.53. The van der Waals surface area contributed by atoms with Crippen molar-refractivity contribution in [3.63, 3.8) is 0 Å². The molecule has 0 aromatic heterocycles. The van der Waals surface area contributed by atoms with E-state index >= 15 is 0 Å². The van der Waals surface area contributed by atoms with E-state index in [4.69, 9.17) is 0 Å². The summed E-state index contributed by atoms with van der Waals surface area (Å²) in [5.41, 5.74) is -0.246. The second-order valence-corrected chi connectivity index (χ2v) is 7.81. The monoisotopic (exact) mass is 327 g/mol. The summed E-state index contributed by atoms with van der Waals surface area (Å²) in [4.78, 5) is 15.4. The first kappa shape index (κ1) is 16.1. The summed E-state index contributed by atoms with van der Waals surface area (Å²) in [5.74, 6) is 0.1000. The van der Waals surface area contributed by atoms with Crippen molar-refractivity contribution < 1.29 is 10.0 Å². The third-order valence-electron chi connectivity index (χ3n) is 6.43. The second-order valence-electron chi connectivity index (χ2n) is 7.81. The minimum Gasteiger partial charge on any atom is -0.316 e. The number of hydrogen-bond acceptors (Lipinski definition) is 2. The van der Waals surface area contributed by atoms with Gasteiger partial charge in [0.05, 0.1) is 0 Å². The summed E-state index contributed by atoms with van der Waals surface area (Å²) in [7, 11) is 0.